The molecule has 28 heavy (non-hydrogen) atoms. The molecule has 1 saturated heterocycles. The summed E-state index contributed by atoms with van der Waals surface area (Å²) in [5, 5.41) is 17.2. The molecular weight excluding hydrogens is 384 g/mol. The highest BCUT2D eigenvalue weighted by molar-refractivity contribution is 6.33. The highest BCUT2D eigenvalue weighted by atomic mass is 35.5. The third kappa shape index (κ3) is 4.40. The molecule has 2 aromatic carbocycles. The van der Waals surface area contributed by atoms with E-state index < -0.39 is 10.8 Å². The van der Waals surface area contributed by atoms with Crippen LogP contribution in [-0.4, -0.2) is 36.4 Å². The van der Waals surface area contributed by atoms with Gasteiger partial charge in [0, 0.05) is 32.1 Å². The number of nitro benzene ring substituents is 1. The number of nitro groups is 1. The Labute approximate surface area is 166 Å². The Balaban J connectivity index is 1.50. The molecule has 3 rings (SSSR count). The Morgan fingerprint density at radius 2 is 1.89 bits per heavy atom. The summed E-state index contributed by atoms with van der Waals surface area (Å²) in [6, 6.07) is 13.3. The fraction of sp³-hybridized carbons (Fsp3) is 0.263. The summed E-state index contributed by atoms with van der Waals surface area (Å²) in [5.41, 5.74) is 0.968. The van der Waals surface area contributed by atoms with Crippen LogP contribution in [0.15, 0.2) is 48.5 Å². The van der Waals surface area contributed by atoms with E-state index in [0.29, 0.717) is 22.9 Å². The van der Waals surface area contributed by atoms with Crippen molar-refractivity contribution >= 4 is 40.5 Å². The molecule has 1 aliphatic rings. The third-order valence-electron chi connectivity index (χ3n) is 4.48. The molecule has 8 nitrogen and oxygen atoms in total. The molecule has 1 atom stereocenters. The molecule has 0 spiro atoms. The van der Waals surface area contributed by atoms with Gasteiger partial charge in [0.2, 0.25) is 11.8 Å². The van der Waals surface area contributed by atoms with Crippen LogP contribution in [0.1, 0.15) is 6.42 Å². The number of halogens is 1. The first-order valence-electron chi connectivity index (χ1n) is 8.77. The van der Waals surface area contributed by atoms with Crippen LogP contribution >= 0.6 is 11.6 Å². The summed E-state index contributed by atoms with van der Waals surface area (Å²) in [4.78, 5) is 36.7. The van der Waals surface area contributed by atoms with Crippen molar-refractivity contribution in [3.05, 3.63) is 63.7 Å². The quantitative estimate of drug-likeness (QED) is 0.421. The summed E-state index contributed by atoms with van der Waals surface area (Å²) < 4.78 is 0. The van der Waals surface area contributed by atoms with Crippen LogP contribution in [0.2, 0.25) is 5.02 Å². The van der Waals surface area contributed by atoms with Gasteiger partial charge in [-0.25, -0.2) is 0 Å². The number of hydrogen-bond donors (Lipinski definition) is 2. The minimum atomic E-state index is -0.464. The van der Waals surface area contributed by atoms with Crippen LogP contribution in [0.5, 0.6) is 0 Å². The second kappa shape index (κ2) is 8.71. The zero-order valence-electron chi connectivity index (χ0n) is 14.9. The second-order valence-electron chi connectivity index (χ2n) is 6.35. The molecule has 0 bridgehead atoms. The Bertz CT molecular complexity index is 905. The number of benzene rings is 2. The van der Waals surface area contributed by atoms with Gasteiger partial charge in [-0.2, -0.15) is 0 Å². The normalized spacial score (nSPS) is 16.1. The average molecular weight is 403 g/mol. The fourth-order valence-corrected chi connectivity index (χ4v) is 3.33. The molecule has 1 heterocycles. The molecule has 0 saturated carbocycles. The van der Waals surface area contributed by atoms with E-state index in [2.05, 4.69) is 10.6 Å². The number of amides is 2. The van der Waals surface area contributed by atoms with Gasteiger partial charge >= 0.3 is 0 Å². The predicted molar refractivity (Wildman–Crippen MR) is 107 cm³/mol. The lowest BCUT2D eigenvalue weighted by atomic mass is 10.1. The largest absolute Gasteiger partial charge is 0.378 e. The minimum absolute atomic E-state index is 0.0226. The van der Waals surface area contributed by atoms with Crippen molar-refractivity contribution in [2.75, 3.05) is 29.9 Å². The lowest BCUT2D eigenvalue weighted by Gasteiger charge is -2.18. The summed E-state index contributed by atoms with van der Waals surface area (Å²) >= 11 is 6.14. The highest BCUT2D eigenvalue weighted by Crippen LogP contribution is 2.31. The summed E-state index contributed by atoms with van der Waals surface area (Å²) in [6.45, 7) is 0.874. The Kier molecular flexibility index (Phi) is 6.10. The van der Waals surface area contributed by atoms with Crippen molar-refractivity contribution in [3.8, 4) is 0 Å². The van der Waals surface area contributed by atoms with E-state index in [4.69, 9.17) is 11.6 Å². The first-order valence-corrected chi connectivity index (χ1v) is 9.15. The first-order chi connectivity index (χ1) is 13.5. The molecule has 2 amide bonds. The van der Waals surface area contributed by atoms with E-state index in [-0.39, 0.29) is 37.0 Å². The summed E-state index contributed by atoms with van der Waals surface area (Å²) in [7, 11) is 0. The minimum Gasteiger partial charge on any atom is -0.378 e. The Morgan fingerprint density at radius 1 is 1.18 bits per heavy atom. The molecule has 0 aromatic heterocycles. The average Bonchev–Trinajstić information content (AvgIpc) is 3.07. The zero-order valence-corrected chi connectivity index (χ0v) is 15.7. The van der Waals surface area contributed by atoms with Crippen LogP contribution in [0.25, 0.3) is 0 Å². The molecule has 0 radical (unpaired) electrons. The van der Waals surface area contributed by atoms with Gasteiger partial charge in [0.15, 0.2) is 0 Å². The number of anilines is 2. The first kappa shape index (κ1) is 19.6. The second-order valence-corrected chi connectivity index (χ2v) is 6.76. The summed E-state index contributed by atoms with van der Waals surface area (Å²) in [5.74, 6) is -0.839. The Hall–Kier alpha value is -3.13. The lowest BCUT2D eigenvalue weighted by molar-refractivity contribution is -0.384. The van der Waals surface area contributed by atoms with Gasteiger partial charge in [-0.3, -0.25) is 19.7 Å². The van der Waals surface area contributed by atoms with Gasteiger partial charge in [-0.15, -0.1) is 0 Å². The van der Waals surface area contributed by atoms with Gasteiger partial charge in [0.25, 0.3) is 5.69 Å². The smallest absolute Gasteiger partial charge is 0.292 e. The molecule has 2 aromatic rings. The molecule has 0 aliphatic carbocycles. The maximum Gasteiger partial charge on any atom is 0.292 e. The number of nitrogens with one attached hydrogen (secondary N) is 2. The van der Waals surface area contributed by atoms with E-state index in [1.807, 2.05) is 0 Å². The van der Waals surface area contributed by atoms with Gasteiger partial charge in [0.05, 0.1) is 21.6 Å². The molecule has 146 valence electrons. The molecule has 1 fully saturated rings. The van der Waals surface area contributed by atoms with Gasteiger partial charge < -0.3 is 15.5 Å². The van der Waals surface area contributed by atoms with E-state index in [0.717, 1.165) is 0 Å². The van der Waals surface area contributed by atoms with Crippen LogP contribution in [0.4, 0.5) is 17.1 Å². The van der Waals surface area contributed by atoms with Crippen molar-refractivity contribution in [2.24, 2.45) is 5.92 Å². The number of nitrogens with zero attached hydrogens (tertiary/aromatic N) is 2. The van der Waals surface area contributed by atoms with Crippen LogP contribution in [-0.2, 0) is 9.59 Å². The predicted octanol–water partition coefficient (Wildman–Crippen LogP) is 2.83. The maximum atomic E-state index is 12.4. The molecule has 9 heteroatoms. The van der Waals surface area contributed by atoms with Crippen molar-refractivity contribution in [2.45, 2.75) is 6.42 Å². The van der Waals surface area contributed by atoms with Crippen LogP contribution in [0.3, 0.4) is 0 Å². The third-order valence-corrected chi connectivity index (χ3v) is 4.80. The van der Waals surface area contributed by atoms with Crippen molar-refractivity contribution in [3.63, 3.8) is 0 Å². The standard InChI is InChI=1S/C19H19ClN4O4/c20-14-5-1-3-7-16(14)23-12-13(11-18(23)25)19(26)22-10-9-21-15-6-2-4-8-17(15)24(27)28/h1-8,13,21H,9-12H2,(H,22,26). The number of hydrogen-bond acceptors (Lipinski definition) is 5. The van der Waals surface area contributed by atoms with E-state index in [1.165, 1.54) is 11.0 Å². The summed E-state index contributed by atoms with van der Waals surface area (Å²) in [6.07, 6.45) is 0.120. The highest BCUT2D eigenvalue weighted by Gasteiger charge is 2.35. The number of rotatable bonds is 7. The molecular formula is C19H19ClN4O4. The van der Waals surface area contributed by atoms with E-state index in [1.54, 1.807) is 42.5 Å². The lowest BCUT2D eigenvalue weighted by Crippen LogP contribution is -2.35. The van der Waals surface area contributed by atoms with Crippen molar-refractivity contribution in [1.29, 1.82) is 0 Å². The molecule has 1 unspecified atom stereocenters. The Morgan fingerprint density at radius 3 is 2.64 bits per heavy atom. The van der Waals surface area contributed by atoms with Gasteiger partial charge in [-0.1, -0.05) is 35.9 Å². The molecule has 2 N–H and O–H groups in total. The number of carbonyl (C=O) groups excluding carboxylic acids is 2. The van der Waals surface area contributed by atoms with E-state index >= 15 is 0 Å². The van der Waals surface area contributed by atoms with Crippen LogP contribution in [0, 0.1) is 16.0 Å². The van der Waals surface area contributed by atoms with Crippen LogP contribution < -0.4 is 15.5 Å². The topological polar surface area (TPSA) is 105 Å². The molecule has 1 aliphatic heterocycles. The van der Waals surface area contributed by atoms with E-state index in [9.17, 15) is 19.7 Å². The van der Waals surface area contributed by atoms with Crippen molar-refractivity contribution < 1.29 is 14.5 Å². The number of carbonyl (C=O) groups is 2. The fourth-order valence-electron chi connectivity index (χ4n) is 3.10. The van der Waals surface area contributed by atoms with Crippen molar-refractivity contribution in [1.82, 2.24) is 5.32 Å². The zero-order chi connectivity index (χ0) is 20.1. The van der Waals surface area contributed by atoms with Gasteiger partial charge in [0.1, 0.15) is 5.69 Å². The SMILES string of the molecule is O=C(NCCNc1ccccc1[N+](=O)[O-])C1CC(=O)N(c2ccccc2Cl)C1. The van der Waals surface area contributed by atoms with Gasteiger partial charge in [-0.05, 0) is 18.2 Å². The monoisotopic (exact) mass is 402 g/mol. The maximum absolute atomic E-state index is 12.4. The number of para-hydroxylation sites is 3.